The summed E-state index contributed by atoms with van der Waals surface area (Å²) < 4.78 is 5.25. The van der Waals surface area contributed by atoms with Crippen molar-refractivity contribution in [3.63, 3.8) is 0 Å². The molecule has 2 saturated heterocycles. The molecule has 0 spiro atoms. The number of imide groups is 1. The maximum atomic E-state index is 13.0. The Balaban J connectivity index is 1.07. The second kappa shape index (κ2) is 7.45. The average Bonchev–Trinajstić information content (AvgIpc) is 3.47. The van der Waals surface area contributed by atoms with Crippen molar-refractivity contribution in [3.05, 3.63) is 17.2 Å². The van der Waals surface area contributed by atoms with Gasteiger partial charge < -0.3 is 9.64 Å². The number of likely N-dealkylation sites (tertiary alicyclic amines) is 1. The van der Waals surface area contributed by atoms with E-state index in [9.17, 15) is 19.2 Å². The Morgan fingerprint density at radius 3 is 2.38 bits per heavy atom. The third-order valence-electron chi connectivity index (χ3n) is 7.44. The summed E-state index contributed by atoms with van der Waals surface area (Å²) in [5, 5.41) is 11.3. The maximum absolute atomic E-state index is 13.0. The van der Waals surface area contributed by atoms with Gasteiger partial charge in [0, 0.05) is 13.1 Å². The third kappa shape index (κ3) is 3.17. The fourth-order valence-corrected chi connectivity index (χ4v) is 6.65. The van der Waals surface area contributed by atoms with Gasteiger partial charge in [0.15, 0.2) is 0 Å². The molecule has 168 valence electrons. The molecule has 0 unspecified atom stereocenters. The lowest BCUT2D eigenvalue weighted by Crippen LogP contribution is -2.41. The van der Waals surface area contributed by atoms with Crippen molar-refractivity contribution < 1.29 is 23.9 Å². The summed E-state index contributed by atoms with van der Waals surface area (Å²) in [5.41, 5.74) is 0. The Labute approximate surface area is 188 Å². The van der Waals surface area contributed by atoms with Gasteiger partial charge in [-0.05, 0) is 30.1 Å². The van der Waals surface area contributed by atoms with E-state index in [-0.39, 0.29) is 59.5 Å². The van der Waals surface area contributed by atoms with Crippen LogP contribution in [0.1, 0.15) is 11.4 Å². The van der Waals surface area contributed by atoms with Gasteiger partial charge >= 0.3 is 0 Å². The molecule has 6 aliphatic rings. The Morgan fingerprint density at radius 1 is 1.06 bits per heavy atom. The second-order valence-corrected chi connectivity index (χ2v) is 10.2. The molecule has 1 aromatic heterocycles. The van der Waals surface area contributed by atoms with Gasteiger partial charge in [0.05, 0.1) is 31.5 Å². The Kier molecular flexibility index (Phi) is 4.65. The summed E-state index contributed by atoms with van der Waals surface area (Å²) in [6, 6.07) is 0. The van der Waals surface area contributed by atoms with Gasteiger partial charge in [-0.1, -0.05) is 23.5 Å². The minimum absolute atomic E-state index is 0.0560. The Bertz CT molecular complexity index is 998. The molecular weight excluding hydrogens is 434 g/mol. The number of carbonyl (C=O) groups is 4. The normalized spacial score (nSPS) is 34.5. The Morgan fingerprint density at radius 2 is 1.72 bits per heavy atom. The summed E-state index contributed by atoms with van der Waals surface area (Å²) in [7, 11) is 0. The topological polar surface area (TPSA) is 122 Å². The van der Waals surface area contributed by atoms with E-state index in [4.69, 9.17) is 4.74 Å². The predicted octanol–water partition coefficient (Wildman–Crippen LogP) is -0.0690. The van der Waals surface area contributed by atoms with E-state index in [1.807, 2.05) is 0 Å². The molecule has 6 atom stereocenters. The third-order valence-corrected chi connectivity index (χ3v) is 8.27. The highest BCUT2D eigenvalue weighted by molar-refractivity contribution is 7.15. The van der Waals surface area contributed by atoms with Crippen LogP contribution in [0, 0.1) is 35.5 Å². The quantitative estimate of drug-likeness (QED) is 0.485. The molecule has 4 aliphatic carbocycles. The molecule has 1 aromatic rings. The number of morpholine rings is 1. The Hall–Kier alpha value is -2.66. The van der Waals surface area contributed by atoms with E-state index < -0.39 is 5.91 Å². The number of nitrogens with zero attached hydrogens (tertiary/aromatic N) is 4. The lowest BCUT2D eigenvalue weighted by molar-refractivity contribution is -0.143. The van der Waals surface area contributed by atoms with Crippen LogP contribution in [-0.4, -0.2) is 76.5 Å². The van der Waals surface area contributed by atoms with Gasteiger partial charge in [-0.15, -0.1) is 10.2 Å². The molecule has 2 aliphatic heterocycles. The SMILES string of the molecule is O=C(CN1C(=O)[C@@H]2[C@H]3C=C[C@H]([C@H]4C[C@H]34)[C@@H]2C1=O)Nc1nnc(CC(=O)N2CCOCC2)s1. The number of allylic oxidation sites excluding steroid dienone is 2. The van der Waals surface area contributed by atoms with Gasteiger partial charge in [-0.3, -0.25) is 29.4 Å². The first-order valence-corrected chi connectivity index (χ1v) is 11.8. The van der Waals surface area contributed by atoms with Crippen LogP contribution in [0.3, 0.4) is 0 Å². The molecule has 10 nitrogen and oxygen atoms in total. The van der Waals surface area contributed by atoms with Gasteiger partial charge in [-0.25, -0.2) is 0 Å². The maximum Gasteiger partial charge on any atom is 0.246 e. The zero-order valence-corrected chi connectivity index (χ0v) is 18.1. The summed E-state index contributed by atoms with van der Waals surface area (Å²) in [4.78, 5) is 53.7. The van der Waals surface area contributed by atoms with Crippen molar-refractivity contribution >= 4 is 40.1 Å². The van der Waals surface area contributed by atoms with Crippen molar-refractivity contribution in [1.29, 1.82) is 0 Å². The van der Waals surface area contributed by atoms with E-state index in [2.05, 4.69) is 27.7 Å². The van der Waals surface area contributed by atoms with Gasteiger partial charge in [0.2, 0.25) is 28.8 Å². The van der Waals surface area contributed by atoms with E-state index in [0.717, 1.165) is 22.7 Å². The van der Waals surface area contributed by atoms with Crippen LogP contribution in [0.15, 0.2) is 12.2 Å². The highest BCUT2D eigenvalue weighted by atomic mass is 32.1. The molecule has 3 heterocycles. The minimum Gasteiger partial charge on any atom is -0.378 e. The molecule has 32 heavy (non-hydrogen) atoms. The molecule has 4 amide bonds. The van der Waals surface area contributed by atoms with E-state index in [1.54, 1.807) is 4.90 Å². The molecular formula is C21H23N5O5S. The van der Waals surface area contributed by atoms with Crippen LogP contribution in [0.25, 0.3) is 0 Å². The molecule has 7 rings (SSSR count). The lowest BCUT2D eigenvalue weighted by Gasteiger charge is -2.37. The highest BCUT2D eigenvalue weighted by Gasteiger charge is 2.67. The molecule has 1 N–H and O–H groups in total. The number of anilines is 1. The number of ether oxygens (including phenoxy) is 1. The number of rotatable bonds is 5. The van der Waals surface area contributed by atoms with Crippen LogP contribution in [0.5, 0.6) is 0 Å². The number of hydrogen-bond acceptors (Lipinski definition) is 8. The zero-order chi connectivity index (χ0) is 22.0. The lowest BCUT2D eigenvalue weighted by atomic mass is 9.63. The highest BCUT2D eigenvalue weighted by Crippen LogP contribution is 2.65. The van der Waals surface area contributed by atoms with E-state index in [0.29, 0.717) is 43.1 Å². The molecule has 0 aromatic carbocycles. The summed E-state index contributed by atoms with van der Waals surface area (Å²) in [6.07, 6.45) is 5.42. The smallest absolute Gasteiger partial charge is 0.246 e. The zero-order valence-electron chi connectivity index (χ0n) is 17.3. The minimum atomic E-state index is -0.488. The van der Waals surface area contributed by atoms with Gasteiger partial charge in [0.1, 0.15) is 11.6 Å². The largest absolute Gasteiger partial charge is 0.378 e. The molecule has 2 saturated carbocycles. The first kappa shape index (κ1) is 20.0. The van der Waals surface area contributed by atoms with E-state index in [1.165, 1.54) is 0 Å². The van der Waals surface area contributed by atoms with Crippen LogP contribution >= 0.6 is 11.3 Å². The fourth-order valence-electron chi connectivity index (χ4n) is 5.91. The van der Waals surface area contributed by atoms with Crippen LogP contribution in [-0.2, 0) is 30.3 Å². The first-order valence-electron chi connectivity index (χ1n) is 11.0. The van der Waals surface area contributed by atoms with Gasteiger partial charge in [0.25, 0.3) is 0 Å². The molecule has 4 fully saturated rings. The molecule has 0 radical (unpaired) electrons. The monoisotopic (exact) mass is 457 g/mol. The summed E-state index contributed by atoms with van der Waals surface area (Å²) in [6.45, 7) is 1.84. The number of nitrogens with one attached hydrogen (secondary N) is 1. The van der Waals surface area contributed by atoms with E-state index >= 15 is 0 Å². The van der Waals surface area contributed by atoms with Crippen molar-refractivity contribution in [2.45, 2.75) is 12.8 Å². The number of carbonyl (C=O) groups excluding carboxylic acids is 4. The number of aromatic nitrogens is 2. The van der Waals surface area contributed by atoms with Crippen LogP contribution in [0.4, 0.5) is 5.13 Å². The summed E-state index contributed by atoms with van der Waals surface area (Å²) in [5.74, 6) is -0.306. The van der Waals surface area contributed by atoms with Gasteiger partial charge in [-0.2, -0.15) is 0 Å². The van der Waals surface area contributed by atoms with Crippen molar-refractivity contribution in [1.82, 2.24) is 20.0 Å². The predicted molar refractivity (Wildman–Crippen MR) is 111 cm³/mol. The first-order chi connectivity index (χ1) is 15.5. The standard InChI is InChI=1S/C21H23N5O5S/c27-14(22-21-24-23-15(32-21)8-16(28)25-3-5-31-6-4-25)9-26-19(29)17-10-1-2-11(13-7-12(10)13)18(17)20(26)30/h1-2,10-13,17-18H,3-9H2,(H,22,24,27)/t10-,11+,12-,13-,17+,18-/m1/s1. The average molecular weight is 458 g/mol. The van der Waals surface area contributed by atoms with Crippen molar-refractivity contribution in [2.24, 2.45) is 35.5 Å². The summed E-state index contributed by atoms with van der Waals surface area (Å²) >= 11 is 1.12. The second-order valence-electron chi connectivity index (χ2n) is 9.14. The van der Waals surface area contributed by atoms with Crippen molar-refractivity contribution in [3.8, 4) is 0 Å². The number of hydrogen-bond donors (Lipinski definition) is 1. The van der Waals surface area contributed by atoms with Crippen LogP contribution < -0.4 is 5.32 Å². The van der Waals surface area contributed by atoms with Crippen LogP contribution in [0.2, 0.25) is 0 Å². The van der Waals surface area contributed by atoms with Crippen molar-refractivity contribution in [2.75, 3.05) is 38.2 Å². The molecule has 11 heteroatoms. The molecule has 2 bridgehead atoms. The fraction of sp³-hybridized carbons (Fsp3) is 0.619. The number of amides is 4.